The van der Waals surface area contributed by atoms with E-state index in [0.717, 1.165) is 11.0 Å². The van der Waals surface area contributed by atoms with E-state index in [4.69, 9.17) is 16.3 Å². The van der Waals surface area contributed by atoms with Crippen LogP contribution in [0.25, 0.3) is 11.0 Å². The van der Waals surface area contributed by atoms with Crippen LogP contribution in [0.2, 0.25) is 5.02 Å². The predicted octanol–water partition coefficient (Wildman–Crippen LogP) is 2.57. The summed E-state index contributed by atoms with van der Waals surface area (Å²) in [4.78, 5) is 39.4. The number of imidazole rings is 1. The van der Waals surface area contributed by atoms with E-state index in [1.807, 2.05) is 24.3 Å². The minimum Gasteiger partial charge on any atom is -0.408 e. The lowest BCUT2D eigenvalue weighted by molar-refractivity contribution is 0.0623. The van der Waals surface area contributed by atoms with E-state index in [1.54, 1.807) is 9.80 Å². The van der Waals surface area contributed by atoms with Gasteiger partial charge in [-0.2, -0.15) is 0 Å². The molecule has 0 unspecified atom stereocenters. The Balaban J connectivity index is 1.36. The summed E-state index contributed by atoms with van der Waals surface area (Å²) in [6.45, 7) is 1.55. The van der Waals surface area contributed by atoms with Gasteiger partial charge in [0.05, 0.1) is 22.3 Å². The standard InChI is InChI=1S/C18H16ClN5O3/c19-12-9-13(11-20-10-12)27-18(26)24-7-5-23(6-8-24)17(25)16-21-14-3-1-2-4-15(14)22-16/h1-4,9-11H,5-8H2,(H,21,22). The van der Waals surface area contributed by atoms with Crippen LogP contribution < -0.4 is 4.74 Å². The van der Waals surface area contributed by atoms with Gasteiger partial charge >= 0.3 is 6.09 Å². The first kappa shape index (κ1) is 17.3. The van der Waals surface area contributed by atoms with Crippen LogP contribution in [0.4, 0.5) is 4.79 Å². The number of aromatic nitrogens is 3. The van der Waals surface area contributed by atoms with E-state index in [1.165, 1.54) is 18.5 Å². The molecule has 1 aliphatic rings. The highest BCUT2D eigenvalue weighted by Gasteiger charge is 2.27. The third kappa shape index (κ3) is 3.70. The molecule has 1 aromatic carbocycles. The molecule has 0 aliphatic carbocycles. The molecule has 27 heavy (non-hydrogen) atoms. The number of hydrogen-bond donors (Lipinski definition) is 1. The molecule has 0 spiro atoms. The summed E-state index contributed by atoms with van der Waals surface area (Å²) in [5, 5.41) is 0.390. The van der Waals surface area contributed by atoms with Crippen molar-refractivity contribution in [3.63, 3.8) is 0 Å². The van der Waals surface area contributed by atoms with Gasteiger partial charge < -0.3 is 19.5 Å². The smallest absolute Gasteiger partial charge is 0.408 e. The number of rotatable bonds is 2. The molecule has 0 radical (unpaired) electrons. The van der Waals surface area contributed by atoms with Crippen LogP contribution in [0.3, 0.4) is 0 Å². The Kier molecular flexibility index (Phi) is 4.64. The van der Waals surface area contributed by atoms with Gasteiger partial charge in [0, 0.05) is 38.4 Å². The highest BCUT2D eigenvalue weighted by Crippen LogP contribution is 2.17. The Hall–Kier alpha value is -3.13. The summed E-state index contributed by atoms with van der Waals surface area (Å²) >= 11 is 5.84. The van der Waals surface area contributed by atoms with E-state index in [2.05, 4.69) is 15.0 Å². The fourth-order valence-corrected chi connectivity index (χ4v) is 3.07. The molecular formula is C18H16ClN5O3. The number of pyridine rings is 1. The van der Waals surface area contributed by atoms with Crippen molar-refractivity contribution in [2.45, 2.75) is 0 Å². The Morgan fingerprint density at radius 3 is 2.56 bits per heavy atom. The Labute approximate surface area is 159 Å². The summed E-state index contributed by atoms with van der Waals surface area (Å²) in [7, 11) is 0. The van der Waals surface area contributed by atoms with Crippen LogP contribution in [0.5, 0.6) is 5.75 Å². The lowest BCUT2D eigenvalue weighted by atomic mass is 10.3. The fourth-order valence-electron chi connectivity index (χ4n) is 2.91. The number of hydrogen-bond acceptors (Lipinski definition) is 5. The first-order chi connectivity index (χ1) is 13.1. The van der Waals surface area contributed by atoms with Gasteiger partial charge in [0.2, 0.25) is 0 Å². The summed E-state index contributed by atoms with van der Waals surface area (Å²) in [6.07, 6.45) is 2.39. The monoisotopic (exact) mass is 385 g/mol. The van der Waals surface area contributed by atoms with Gasteiger partial charge in [0.25, 0.3) is 5.91 Å². The topological polar surface area (TPSA) is 91.4 Å². The first-order valence-electron chi connectivity index (χ1n) is 8.41. The van der Waals surface area contributed by atoms with Gasteiger partial charge in [0.1, 0.15) is 0 Å². The summed E-state index contributed by atoms with van der Waals surface area (Å²) in [5.74, 6) is 0.406. The first-order valence-corrected chi connectivity index (χ1v) is 8.79. The van der Waals surface area contributed by atoms with Crippen molar-refractivity contribution in [2.24, 2.45) is 0 Å². The van der Waals surface area contributed by atoms with Gasteiger partial charge in [0.15, 0.2) is 11.6 Å². The van der Waals surface area contributed by atoms with Crippen molar-refractivity contribution in [3.05, 3.63) is 53.6 Å². The largest absolute Gasteiger partial charge is 0.415 e. The highest BCUT2D eigenvalue weighted by molar-refractivity contribution is 6.30. The number of piperazine rings is 1. The van der Waals surface area contributed by atoms with Crippen LogP contribution in [0.1, 0.15) is 10.6 Å². The molecule has 1 saturated heterocycles. The van der Waals surface area contributed by atoms with Crippen molar-refractivity contribution in [2.75, 3.05) is 26.2 Å². The van der Waals surface area contributed by atoms with Crippen LogP contribution in [-0.4, -0.2) is 62.9 Å². The number of benzene rings is 1. The molecule has 0 saturated carbocycles. The maximum absolute atomic E-state index is 12.6. The molecule has 0 atom stereocenters. The number of H-pyrrole nitrogens is 1. The highest BCUT2D eigenvalue weighted by atomic mass is 35.5. The molecular weight excluding hydrogens is 370 g/mol. The maximum atomic E-state index is 12.6. The van der Waals surface area contributed by atoms with Crippen molar-refractivity contribution >= 4 is 34.6 Å². The van der Waals surface area contributed by atoms with Gasteiger partial charge in [-0.15, -0.1) is 0 Å². The number of carbonyl (C=O) groups excluding carboxylic acids is 2. The van der Waals surface area contributed by atoms with Gasteiger partial charge in [-0.1, -0.05) is 23.7 Å². The number of amides is 2. The number of carbonyl (C=O) groups is 2. The average Bonchev–Trinajstić information content (AvgIpc) is 3.12. The van der Waals surface area contributed by atoms with E-state index < -0.39 is 6.09 Å². The fraction of sp³-hybridized carbons (Fsp3) is 0.222. The lowest BCUT2D eigenvalue weighted by Gasteiger charge is -2.33. The lowest BCUT2D eigenvalue weighted by Crippen LogP contribution is -2.51. The minimum absolute atomic E-state index is 0.182. The van der Waals surface area contributed by atoms with E-state index >= 15 is 0 Å². The molecule has 3 aromatic rings. The Morgan fingerprint density at radius 2 is 1.81 bits per heavy atom. The van der Waals surface area contributed by atoms with Crippen molar-refractivity contribution in [1.82, 2.24) is 24.8 Å². The van der Waals surface area contributed by atoms with Crippen LogP contribution in [0.15, 0.2) is 42.7 Å². The molecule has 1 aliphatic heterocycles. The molecule has 138 valence electrons. The van der Waals surface area contributed by atoms with Gasteiger partial charge in [-0.05, 0) is 12.1 Å². The zero-order valence-corrected chi connectivity index (χ0v) is 15.0. The zero-order chi connectivity index (χ0) is 18.8. The average molecular weight is 386 g/mol. The number of nitrogens with zero attached hydrogens (tertiary/aromatic N) is 4. The second-order valence-electron chi connectivity index (χ2n) is 6.09. The third-order valence-corrected chi connectivity index (χ3v) is 4.51. The Morgan fingerprint density at radius 1 is 1.07 bits per heavy atom. The number of halogens is 1. The minimum atomic E-state index is -0.491. The van der Waals surface area contributed by atoms with Crippen molar-refractivity contribution < 1.29 is 14.3 Å². The van der Waals surface area contributed by atoms with Gasteiger partial charge in [-0.3, -0.25) is 9.78 Å². The normalized spacial score (nSPS) is 14.4. The second kappa shape index (κ2) is 7.24. The molecule has 9 heteroatoms. The quantitative estimate of drug-likeness (QED) is 0.732. The molecule has 2 amide bonds. The number of aromatic amines is 1. The molecule has 0 bridgehead atoms. The zero-order valence-electron chi connectivity index (χ0n) is 14.3. The molecule has 1 fully saturated rings. The molecule has 2 aromatic heterocycles. The van der Waals surface area contributed by atoms with E-state index in [0.29, 0.717) is 37.0 Å². The van der Waals surface area contributed by atoms with Crippen molar-refractivity contribution in [1.29, 1.82) is 0 Å². The van der Waals surface area contributed by atoms with Gasteiger partial charge in [-0.25, -0.2) is 9.78 Å². The maximum Gasteiger partial charge on any atom is 0.415 e. The number of para-hydroxylation sites is 2. The molecule has 3 heterocycles. The second-order valence-corrected chi connectivity index (χ2v) is 6.53. The van der Waals surface area contributed by atoms with Crippen LogP contribution in [-0.2, 0) is 0 Å². The van der Waals surface area contributed by atoms with E-state index in [9.17, 15) is 9.59 Å². The molecule has 8 nitrogen and oxygen atoms in total. The summed E-state index contributed by atoms with van der Waals surface area (Å²) < 4.78 is 5.27. The molecule has 4 rings (SSSR count). The van der Waals surface area contributed by atoms with Crippen LogP contribution >= 0.6 is 11.6 Å². The number of nitrogens with one attached hydrogen (secondary N) is 1. The SMILES string of the molecule is O=C(Oc1cncc(Cl)c1)N1CCN(C(=O)c2nc3ccccc3[nH]2)CC1. The summed E-state index contributed by atoms with van der Waals surface area (Å²) in [5.41, 5.74) is 1.57. The Bertz CT molecular complexity index is 964. The number of fused-ring (bicyclic) bond motifs is 1. The van der Waals surface area contributed by atoms with Crippen molar-refractivity contribution in [3.8, 4) is 5.75 Å². The number of ether oxygens (including phenoxy) is 1. The summed E-state index contributed by atoms with van der Waals surface area (Å²) in [6, 6.07) is 9.00. The van der Waals surface area contributed by atoms with Crippen LogP contribution in [0, 0.1) is 0 Å². The predicted molar refractivity (Wildman–Crippen MR) is 98.8 cm³/mol. The van der Waals surface area contributed by atoms with E-state index in [-0.39, 0.29) is 11.7 Å². The molecule has 1 N–H and O–H groups in total. The third-order valence-electron chi connectivity index (χ3n) is 4.30.